The maximum Gasteiger partial charge on any atom is 0.339 e. The number of nitrogens with zero attached hydrogens (tertiary/aromatic N) is 2. The minimum absolute atomic E-state index is 0.0876. The second kappa shape index (κ2) is 4.92. The van der Waals surface area contributed by atoms with Gasteiger partial charge in [-0.05, 0) is 6.26 Å². The van der Waals surface area contributed by atoms with E-state index in [4.69, 9.17) is 9.84 Å². The Balaban J connectivity index is 3.10. The normalized spacial score (nSPS) is 10.1. The zero-order valence-corrected chi connectivity index (χ0v) is 8.67. The predicted octanol–water partition coefficient (Wildman–Crippen LogP) is 1.04. The maximum atomic E-state index is 10.8. The molecular weight excluding hydrogens is 204 g/mol. The summed E-state index contributed by atoms with van der Waals surface area (Å²) in [5, 5.41) is 9.36. The van der Waals surface area contributed by atoms with Gasteiger partial charge in [-0.1, -0.05) is 11.8 Å². The summed E-state index contributed by atoms with van der Waals surface area (Å²) in [4.78, 5) is 18.7. The van der Waals surface area contributed by atoms with Gasteiger partial charge in [-0.15, -0.1) is 0 Å². The van der Waals surface area contributed by atoms with Gasteiger partial charge in [0.25, 0.3) is 0 Å². The highest BCUT2D eigenvalue weighted by atomic mass is 32.2. The van der Waals surface area contributed by atoms with Crippen LogP contribution in [0, 0.1) is 0 Å². The van der Waals surface area contributed by atoms with E-state index in [1.54, 1.807) is 0 Å². The number of hydrogen-bond acceptors (Lipinski definition) is 5. The molecule has 0 radical (unpaired) electrons. The van der Waals surface area contributed by atoms with E-state index in [1.807, 2.05) is 6.26 Å². The largest absolute Gasteiger partial charge is 0.478 e. The van der Waals surface area contributed by atoms with Crippen LogP contribution in [0.15, 0.2) is 11.4 Å². The maximum absolute atomic E-state index is 10.8. The number of aromatic nitrogens is 2. The topological polar surface area (TPSA) is 72.3 Å². The number of methoxy groups -OCH3 is 1. The molecule has 5 nitrogen and oxygen atoms in total. The smallest absolute Gasteiger partial charge is 0.339 e. The summed E-state index contributed by atoms with van der Waals surface area (Å²) in [5.41, 5.74) is 0.490. The fourth-order valence-electron chi connectivity index (χ4n) is 0.923. The van der Waals surface area contributed by atoms with Crippen molar-refractivity contribution < 1.29 is 14.6 Å². The van der Waals surface area contributed by atoms with Gasteiger partial charge in [0, 0.05) is 13.3 Å². The Morgan fingerprint density at radius 2 is 2.43 bits per heavy atom. The molecule has 0 aliphatic heterocycles. The summed E-state index contributed by atoms with van der Waals surface area (Å²) in [5.74, 6) is -1.04. The minimum Gasteiger partial charge on any atom is -0.478 e. The molecule has 6 heteroatoms. The molecule has 1 aromatic rings. The Labute approximate surface area is 85.5 Å². The number of hydrogen-bond donors (Lipinski definition) is 1. The lowest BCUT2D eigenvalue weighted by Gasteiger charge is -2.04. The molecule has 0 aliphatic rings. The minimum atomic E-state index is -1.04. The van der Waals surface area contributed by atoms with Gasteiger partial charge >= 0.3 is 5.97 Å². The summed E-state index contributed by atoms with van der Waals surface area (Å²) in [7, 11) is 1.49. The third-order valence-corrected chi connectivity index (χ3v) is 2.10. The van der Waals surface area contributed by atoms with Crippen molar-refractivity contribution in [2.75, 3.05) is 13.4 Å². The zero-order valence-electron chi connectivity index (χ0n) is 7.85. The molecule has 0 fully saturated rings. The van der Waals surface area contributed by atoms with Crippen molar-refractivity contribution in [1.29, 1.82) is 0 Å². The number of rotatable bonds is 4. The molecule has 0 aliphatic carbocycles. The third kappa shape index (κ3) is 2.43. The quantitative estimate of drug-likeness (QED) is 0.596. The van der Waals surface area contributed by atoms with Gasteiger partial charge in [-0.2, -0.15) is 0 Å². The summed E-state index contributed by atoms with van der Waals surface area (Å²) in [6.07, 6.45) is 3.13. The van der Waals surface area contributed by atoms with Crippen LogP contribution in [0.5, 0.6) is 0 Å². The van der Waals surface area contributed by atoms with Gasteiger partial charge in [0.15, 0.2) is 5.16 Å². The van der Waals surface area contributed by atoms with Crippen LogP contribution >= 0.6 is 11.8 Å². The highest BCUT2D eigenvalue weighted by molar-refractivity contribution is 7.98. The van der Waals surface area contributed by atoms with Crippen LogP contribution in [0.4, 0.5) is 0 Å². The van der Waals surface area contributed by atoms with Gasteiger partial charge in [0.1, 0.15) is 5.56 Å². The summed E-state index contributed by atoms with van der Waals surface area (Å²) < 4.78 is 4.86. The number of carbonyl (C=O) groups is 1. The number of thioether (sulfide) groups is 1. The predicted molar refractivity (Wildman–Crippen MR) is 51.5 cm³/mol. The molecule has 0 aromatic carbocycles. The number of ether oxygens (including phenoxy) is 1. The Hall–Kier alpha value is -1.14. The average molecular weight is 214 g/mol. The SMILES string of the molecule is COCc1nc(SC)ncc1C(=O)O. The lowest BCUT2D eigenvalue weighted by Crippen LogP contribution is -2.07. The molecule has 1 rings (SSSR count). The molecule has 0 saturated heterocycles. The van der Waals surface area contributed by atoms with Gasteiger partial charge in [-0.25, -0.2) is 14.8 Å². The van der Waals surface area contributed by atoms with Crippen LogP contribution in [0.2, 0.25) is 0 Å². The third-order valence-electron chi connectivity index (χ3n) is 1.54. The van der Waals surface area contributed by atoms with E-state index in [-0.39, 0.29) is 12.2 Å². The number of aromatic carboxylic acids is 1. The average Bonchev–Trinajstić information content (AvgIpc) is 2.17. The van der Waals surface area contributed by atoms with Crippen molar-refractivity contribution in [2.45, 2.75) is 11.8 Å². The molecule has 0 spiro atoms. The van der Waals surface area contributed by atoms with E-state index in [0.717, 1.165) is 0 Å². The van der Waals surface area contributed by atoms with Crippen LogP contribution in [0.3, 0.4) is 0 Å². The molecule has 0 unspecified atom stereocenters. The first-order valence-electron chi connectivity index (χ1n) is 3.81. The molecule has 76 valence electrons. The number of carboxylic acid groups (broad SMARTS) is 1. The van der Waals surface area contributed by atoms with Crippen LogP contribution in [0.1, 0.15) is 16.1 Å². The molecule has 1 heterocycles. The Morgan fingerprint density at radius 3 is 2.93 bits per heavy atom. The summed E-state index contributed by atoms with van der Waals surface area (Å²) >= 11 is 1.36. The van der Waals surface area contributed by atoms with Gasteiger partial charge in [0.05, 0.1) is 12.3 Å². The van der Waals surface area contributed by atoms with Crippen molar-refractivity contribution in [2.24, 2.45) is 0 Å². The molecule has 0 atom stereocenters. The molecule has 14 heavy (non-hydrogen) atoms. The molecule has 1 N–H and O–H groups in total. The van der Waals surface area contributed by atoms with E-state index in [9.17, 15) is 4.79 Å². The van der Waals surface area contributed by atoms with Gasteiger partial charge in [-0.3, -0.25) is 0 Å². The van der Waals surface area contributed by atoms with E-state index in [1.165, 1.54) is 25.1 Å². The van der Waals surface area contributed by atoms with Crippen LogP contribution in [0.25, 0.3) is 0 Å². The second-order valence-electron chi connectivity index (χ2n) is 2.46. The Morgan fingerprint density at radius 1 is 1.71 bits per heavy atom. The fourth-order valence-corrected chi connectivity index (χ4v) is 1.28. The number of carboxylic acids is 1. The standard InChI is InChI=1S/C8H10N2O3S/c1-13-4-6-5(7(11)12)3-9-8(10-6)14-2/h3H,4H2,1-2H3,(H,11,12). The van der Waals surface area contributed by atoms with Gasteiger partial charge < -0.3 is 9.84 Å². The molecule has 1 aromatic heterocycles. The highest BCUT2D eigenvalue weighted by Crippen LogP contribution is 2.12. The monoisotopic (exact) mass is 214 g/mol. The van der Waals surface area contributed by atoms with Gasteiger partial charge in [0.2, 0.25) is 0 Å². The lowest BCUT2D eigenvalue weighted by molar-refractivity contribution is 0.0689. The first kappa shape index (κ1) is 10.9. The highest BCUT2D eigenvalue weighted by Gasteiger charge is 2.12. The van der Waals surface area contributed by atoms with E-state index in [2.05, 4.69) is 9.97 Å². The first-order valence-corrected chi connectivity index (χ1v) is 5.03. The van der Waals surface area contributed by atoms with Crippen LogP contribution in [-0.4, -0.2) is 34.4 Å². The lowest BCUT2D eigenvalue weighted by atomic mass is 10.2. The first-order chi connectivity index (χ1) is 6.69. The molecule has 0 saturated carbocycles. The van der Waals surface area contributed by atoms with Crippen LogP contribution in [-0.2, 0) is 11.3 Å². The molecule has 0 bridgehead atoms. The van der Waals surface area contributed by atoms with Crippen molar-refractivity contribution >= 4 is 17.7 Å². The fraction of sp³-hybridized carbons (Fsp3) is 0.375. The Bertz CT molecular complexity index is 343. The second-order valence-corrected chi connectivity index (χ2v) is 3.23. The van der Waals surface area contributed by atoms with Crippen molar-refractivity contribution in [3.8, 4) is 0 Å². The van der Waals surface area contributed by atoms with Crippen molar-refractivity contribution in [3.05, 3.63) is 17.5 Å². The van der Waals surface area contributed by atoms with E-state index >= 15 is 0 Å². The van der Waals surface area contributed by atoms with E-state index in [0.29, 0.717) is 10.9 Å². The molecule has 0 amide bonds. The summed E-state index contributed by atoms with van der Waals surface area (Å²) in [6, 6.07) is 0. The van der Waals surface area contributed by atoms with Crippen LogP contribution < -0.4 is 0 Å². The molecular formula is C8H10N2O3S. The zero-order chi connectivity index (χ0) is 10.6. The van der Waals surface area contributed by atoms with Crippen molar-refractivity contribution in [1.82, 2.24) is 9.97 Å². The van der Waals surface area contributed by atoms with E-state index < -0.39 is 5.97 Å². The van der Waals surface area contributed by atoms with Crippen molar-refractivity contribution in [3.63, 3.8) is 0 Å². The Kier molecular flexibility index (Phi) is 3.84. The summed E-state index contributed by atoms with van der Waals surface area (Å²) in [6.45, 7) is 0.178.